The number of aliphatic hydroxyl groups is 1. The van der Waals surface area contributed by atoms with Crippen molar-refractivity contribution in [3.05, 3.63) is 29.5 Å². The first-order chi connectivity index (χ1) is 10.6. The van der Waals surface area contributed by atoms with Crippen molar-refractivity contribution in [2.45, 2.75) is 39.2 Å². The van der Waals surface area contributed by atoms with Crippen molar-refractivity contribution in [3.63, 3.8) is 0 Å². The molecule has 0 aliphatic rings. The van der Waals surface area contributed by atoms with E-state index >= 15 is 0 Å². The summed E-state index contributed by atoms with van der Waals surface area (Å²) < 4.78 is 5.38. The Hall–Kier alpha value is -1.66. The topological polar surface area (TPSA) is 75.4 Å². The van der Waals surface area contributed by atoms with Crippen LogP contribution in [0.5, 0.6) is 0 Å². The molecule has 1 unspecified atom stereocenters. The van der Waals surface area contributed by atoms with E-state index in [-0.39, 0.29) is 24.8 Å². The number of carbonyl (C=O) groups excluding carboxylic acids is 1. The number of thiophene rings is 1. The first-order valence-electron chi connectivity index (χ1n) is 7.57. The standard InChI is InChI=1S/C16H22N2O3S/c1-3-11(4-2)13(19)9-17-15(20)8-12-10-21-16(18-12)14-6-5-7-22-14/h5-7,10-11,13,19H,3-4,8-9H2,1-2H3,(H,17,20). The SMILES string of the molecule is CCC(CC)C(O)CNC(=O)Cc1coc(-c2cccs2)n1. The predicted molar refractivity (Wildman–Crippen MR) is 86.6 cm³/mol. The third-order valence-corrected chi connectivity index (χ3v) is 4.58. The van der Waals surface area contributed by atoms with Crippen molar-refractivity contribution in [2.24, 2.45) is 5.92 Å². The zero-order chi connectivity index (χ0) is 15.9. The summed E-state index contributed by atoms with van der Waals surface area (Å²) >= 11 is 1.54. The van der Waals surface area contributed by atoms with E-state index in [1.54, 1.807) is 11.3 Å². The second-order valence-corrected chi connectivity index (χ2v) is 6.19. The number of hydrogen-bond donors (Lipinski definition) is 2. The van der Waals surface area contributed by atoms with E-state index in [2.05, 4.69) is 10.3 Å². The predicted octanol–water partition coefficient (Wildman–Crippen LogP) is 2.86. The monoisotopic (exact) mass is 322 g/mol. The maximum absolute atomic E-state index is 11.9. The van der Waals surface area contributed by atoms with Gasteiger partial charge in [0.1, 0.15) is 6.26 Å². The summed E-state index contributed by atoms with van der Waals surface area (Å²) in [6, 6.07) is 3.85. The van der Waals surface area contributed by atoms with Gasteiger partial charge >= 0.3 is 0 Å². The highest BCUT2D eigenvalue weighted by Gasteiger charge is 2.17. The molecule has 0 bridgehead atoms. The minimum atomic E-state index is -0.502. The summed E-state index contributed by atoms with van der Waals surface area (Å²) in [6.07, 6.45) is 2.97. The minimum Gasteiger partial charge on any atom is -0.444 e. The number of carbonyl (C=O) groups is 1. The van der Waals surface area contributed by atoms with Crippen molar-refractivity contribution in [3.8, 4) is 10.8 Å². The molecule has 0 saturated carbocycles. The molecular formula is C16H22N2O3S. The van der Waals surface area contributed by atoms with Crippen LogP contribution in [0.25, 0.3) is 10.8 Å². The highest BCUT2D eigenvalue weighted by atomic mass is 32.1. The van der Waals surface area contributed by atoms with Crippen LogP contribution >= 0.6 is 11.3 Å². The maximum Gasteiger partial charge on any atom is 0.236 e. The molecule has 2 aromatic rings. The van der Waals surface area contributed by atoms with Gasteiger partial charge in [-0.25, -0.2) is 4.98 Å². The van der Waals surface area contributed by atoms with Crippen LogP contribution in [0.15, 0.2) is 28.2 Å². The molecule has 120 valence electrons. The Morgan fingerprint density at radius 2 is 2.23 bits per heavy atom. The number of oxazole rings is 1. The van der Waals surface area contributed by atoms with E-state index < -0.39 is 6.10 Å². The van der Waals surface area contributed by atoms with Gasteiger partial charge in [0.25, 0.3) is 0 Å². The average molecular weight is 322 g/mol. The molecule has 2 heterocycles. The Bertz CT molecular complexity index is 576. The van der Waals surface area contributed by atoms with E-state index in [4.69, 9.17) is 4.42 Å². The van der Waals surface area contributed by atoms with E-state index in [0.717, 1.165) is 17.7 Å². The van der Waals surface area contributed by atoms with Gasteiger partial charge in [-0.2, -0.15) is 0 Å². The lowest BCUT2D eigenvalue weighted by Gasteiger charge is -2.20. The van der Waals surface area contributed by atoms with Gasteiger partial charge in [0.2, 0.25) is 11.8 Å². The second-order valence-electron chi connectivity index (χ2n) is 5.25. The third kappa shape index (κ3) is 4.42. The van der Waals surface area contributed by atoms with Gasteiger partial charge in [0.15, 0.2) is 0 Å². The fraction of sp³-hybridized carbons (Fsp3) is 0.500. The second kappa shape index (κ2) is 8.10. The molecule has 0 aromatic carbocycles. The molecule has 2 N–H and O–H groups in total. The van der Waals surface area contributed by atoms with Gasteiger partial charge in [-0.15, -0.1) is 11.3 Å². The van der Waals surface area contributed by atoms with E-state index in [1.165, 1.54) is 6.26 Å². The van der Waals surface area contributed by atoms with Crippen LogP contribution in [0.4, 0.5) is 0 Å². The van der Waals surface area contributed by atoms with Crippen LogP contribution in [0.2, 0.25) is 0 Å². The number of hydrogen-bond acceptors (Lipinski definition) is 5. The molecule has 0 aliphatic carbocycles. The van der Waals surface area contributed by atoms with Crippen molar-refractivity contribution in [2.75, 3.05) is 6.54 Å². The molecular weight excluding hydrogens is 300 g/mol. The number of rotatable bonds is 8. The Morgan fingerprint density at radius 3 is 2.86 bits per heavy atom. The number of aromatic nitrogens is 1. The Morgan fingerprint density at radius 1 is 1.45 bits per heavy atom. The summed E-state index contributed by atoms with van der Waals surface area (Å²) in [5.74, 6) is 0.601. The maximum atomic E-state index is 11.9. The van der Waals surface area contributed by atoms with Crippen molar-refractivity contribution >= 4 is 17.2 Å². The summed E-state index contributed by atoms with van der Waals surface area (Å²) in [5.41, 5.74) is 0.595. The molecule has 0 spiro atoms. The van der Waals surface area contributed by atoms with Crippen LogP contribution in [0.1, 0.15) is 32.4 Å². The summed E-state index contributed by atoms with van der Waals surface area (Å²) in [5, 5.41) is 14.7. The quantitative estimate of drug-likeness (QED) is 0.783. The van der Waals surface area contributed by atoms with Crippen molar-refractivity contribution in [1.82, 2.24) is 10.3 Å². The first-order valence-corrected chi connectivity index (χ1v) is 8.45. The molecule has 2 rings (SSSR count). The van der Waals surface area contributed by atoms with Crippen molar-refractivity contribution in [1.29, 1.82) is 0 Å². The Balaban J connectivity index is 1.82. The number of nitrogens with zero attached hydrogens (tertiary/aromatic N) is 1. The number of amides is 1. The molecule has 0 fully saturated rings. The Labute approximate surface area is 134 Å². The summed E-state index contributed by atoms with van der Waals surface area (Å²) in [7, 11) is 0. The molecule has 0 aliphatic heterocycles. The van der Waals surface area contributed by atoms with E-state index in [1.807, 2.05) is 31.4 Å². The molecule has 22 heavy (non-hydrogen) atoms. The summed E-state index contributed by atoms with van der Waals surface area (Å²) in [6.45, 7) is 4.36. The highest BCUT2D eigenvalue weighted by molar-refractivity contribution is 7.13. The molecule has 1 amide bonds. The lowest BCUT2D eigenvalue weighted by Crippen LogP contribution is -2.36. The zero-order valence-corrected chi connectivity index (χ0v) is 13.7. The zero-order valence-electron chi connectivity index (χ0n) is 12.9. The largest absolute Gasteiger partial charge is 0.444 e. The molecule has 2 aromatic heterocycles. The lowest BCUT2D eigenvalue weighted by molar-refractivity contribution is -0.121. The molecule has 0 radical (unpaired) electrons. The molecule has 0 saturated heterocycles. The smallest absolute Gasteiger partial charge is 0.236 e. The van der Waals surface area contributed by atoms with Crippen LogP contribution in [0, 0.1) is 5.92 Å². The van der Waals surface area contributed by atoms with Crippen LogP contribution in [-0.2, 0) is 11.2 Å². The fourth-order valence-corrected chi connectivity index (χ4v) is 3.00. The lowest BCUT2D eigenvalue weighted by atomic mass is 9.96. The van der Waals surface area contributed by atoms with Crippen LogP contribution < -0.4 is 5.32 Å². The third-order valence-electron chi connectivity index (χ3n) is 3.73. The first kappa shape index (κ1) is 16.7. The van der Waals surface area contributed by atoms with Gasteiger partial charge in [-0.1, -0.05) is 32.8 Å². The highest BCUT2D eigenvalue weighted by Crippen LogP contribution is 2.23. The fourth-order valence-electron chi connectivity index (χ4n) is 2.35. The Kier molecular flexibility index (Phi) is 6.15. The van der Waals surface area contributed by atoms with E-state index in [0.29, 0.717) is 11.6 Å². The van der Waals surface area contributed by atoms with Crippen LogP contribution in [0.3, 0.4) is 0 Å². The van der Waals surface area contributed by atoms with Gasteiger partial charge in [0.05, 0.1) is 23.1 Å². The minimum absolute atomic E-state index is 0.156. The number of aliphatic hydroxyl groups excluding tert-OH is 1. The van der Waals surface area contributed by atoms with E-state index in [9.17, 15) is 9.90 Å². The van der Waals surface area contributed by atoms with Crippen molar-refractivity contribution < 1.29 is 14.3 Å². The molecule has 1 atom stereocenters. The molecule has 5 nitrogen and oxygen atoms in total. The normalized spacial score (nSPS) is 12.5. The average Bonchev–Trinajstić information content (AvgIpc) is 3.17. The van der Waals surface area contributed by atoms with Gasteiger partial charge in [0, 0.05) is 6.54 Å². The van der Waals surface area contributed by atoms with Gasteiger partial charge in [-0.05, 0) is 17.4 Å². The van der Waals surface area contributed by atoms with Gasteiger partial charge in [-0.3, -0.25) is 4.79 Å². The van der Waals surface area contributed by atoms with Crippen LogP contribution in [-0.4, -0.2) is 28.6 Å². The molecule has 6 heteroatoms. The van der Waals surface area contributed by atoms with Gasteiger partial charge < -0.3 is 14.8 Å². The number of nitrogens with one attached hydrogen (secondary N) is 1. The summed E-state index contributed by atoms with van der Waals surface area (Å²) in [4.78, 5) is 17.2.